The van der Waals surface area contributed by atoms with Gasteiger partial charge in [-0.2, -0.15) is 0 Å². The monoisotopic (exact) mass is 179 g/mol. The van der Waals surface area contributed by atoms with Crippen molar-refractivity contribution in [3.8, 4) is 0 Å². The quantitative estimate of drug-likeness (QED) is 0.692. The third-order valence-corrected chi connectivity index (χ3v) is 2.34. The Morgan fingerprint density at radius 3 is 2.77 bits per heavy atom. The minimum atomic E-state index is -0.0793. The molecule has 0 atom stereocenters. The molecule has 0 aliphatic carbocycles. The summed E-state index contributed by atoms with van der Waals surface area (Å²) in [6.07, 6.45) is 6.79. The van der Waals surface area contributed by atoms with E-state index in [9.17, 15) is 4.79 Å². The van der Waals surface area contributed by atoms with Gasteiger partial charge in [0.05, 0.1) is 0 Å². The van der Waals surface area contributed by atoms with Gasteiger partial charge in [0.2, 0.25) is 0 Å². The van der Waals surface area contributed by atoms with E-state index in [2.05, 4.69) is 14.9 Å². The van der Waals surface area contributed by atoms with Crippen LogP contribution in [0.2, 0.25) is 0 Å². The molecule has 0 unspecified atom stereocenters. The Morgan fingerprint density at radius 1 is 1.31 bits per heavy atom. The van der Waals surface area contributed by atoms with Crippen LogP contribution in [-0.4, -0.2) is 23.1 Å². The summed E-state index contributed by atoms with van der Waals surface area (Å²) in [6.45, 7) is 1.92. The summed E-state index contributed by atoms with van der Waals surface area (Å²) in [5, 5.41) is 0. The predicted molar refractivity (Wildman–Crippen MR) is 50.9 cm³/mol. The van der Waals surface area contributed by atoms with Crippen LogP contribution >= 0.6 is 0 Å². The zero-order valence-corrected chi connectivity index (χ0v) is 7.49. The Balaban J connectivity index is 2.24. The Morgan fingerprint density at radius 2 is 2.08 bits per heavy atom. The van der Waals surface area contributed by atoms with Crippen molar-refractivity contribution in [1.82, 2.24) is 9.97 Å². The van der Waals surface area contributed by atoms with Gasteiger partial charge in [-0.1, -0.05) is 0 Å². The Hall–Kier alpha value is -1.32. The van der Waals surface area contributed by atoms with Crippen molar-refractivity contribution in [2.75, 3.05) is 18.0 Å². The smallest absolute Gasteiger partial charge is 0.290 e. The third-order valence-electron chi connectivity index (χ3n) is 2.34. The molecular weight excluding hydrogens is 166 g/mol. The van der Waals surface area contributed by atoms with Gasteiger partial charge in [0, 0.05) is 25.5 Å². The van der Waals surface area contributed by atoms with Crippen LogP contribution in [0.1, 0.15) is 19.3 Å². The Kier molecular flexibility index (Phi) is 2.29. The molecule has 1 aliphatic rings. The molecule has 1 aromatic rings. The fraction of sp³-hybridized carbons (Fsp3) is 0.556. The van der Waals surface area contributed by atoms with E-state index in [1.807, 2.05) is 0 Å². The lowest BCUT2D eigenvalue weighted by Gasteiger charge is -2.26. The molecule has 13 heavy (non-hydrogen) atoms. The first-order chi connectivity index (χ1) is 6.38. The maximum absolute atomic E-state index is 11.4. The fourth-order valence-corrected chi connectivity index (χ4v) is 1.67. The van der Waals surface area contributed by atoms with Crippen molar-refractivity contribution in [3.05, 3.63) is 22.7 Å². The molecule has 0 radical (unpaired) electrons. The molecule has 1 aliphatic heterocycles. The molecule has 1 fully saturated rings. The highest BCUT2D eigenvalue weighted by Gasteiger charge is 2.14. The van der Waals surface area contributed by atoms with Crippen LogP contribution in [0.4, 0.5) is 5.82 Å². The fourth-order valence-electron chi connectivity index (χ4n) is 1.67. The van der Waals surface area contributed by atoms with Crippen molar-refractivity contribution in [3.63, 3.8) is 0 Å². The Labute approximate surface area is 76.6 Å². The van der Waals surface area contributed by atoms with Gasteiger partial charge in [-0.15, -0.1) is 0 Å². The summed E-state index contributed by atoms with van der Waals surface area (Å²) in [6, 6.07) is 0. The minimum absolute atomic E-state index is 0.0793. The van der Waals surface area contributed by atoms with Gasteiger partial charge in [0.1, 0.15) is 0 Å². The Bertz CT molecular complexity index is 328. The molecule has 0 aromatic carbocycles. The second-order valence-corrected chi connectivity index (χ2v) is 3.29. The zero-order chi connectivity index (χ0) is 9.10. The molecule has 70 valence electrons. The summed E-state index contributed by atoms with van der Waals surface area (Å²) in [5.41, 5.74) is -0.0793. The number of H-pyrrole nitrogens is 1. The summed E-state index contributed by atoms with van der Waals surface area (Å²) < 4.78 is 0. The highest BCUT2D eigenvalue weighted by Crippen LogP contribution is 2.12. The number of aromatic nitrogens is 2. The minimum Gasteiger partial charge on any atom is -0.352 e. The maximum atomic E-state index is 11.4. The van der Waals surface area contributed by atoms with Gasteiger partial charge in [-0.25, -0.2) is 4.98 Å². The molecule has 1 N–H and O–H groups in total. The molecule has 0 bridgehead atoms. The van der Waals surface area contributed by atoms with Crippen LogP contribution in [0.25, 0.3) is 0 Å². The van der Waals surface area contributed by atoms with E-state index in [-0.39, 0.29) is 5.56 Å². The normalized spacial score (nSPS) is 17.4. The van der Waals surface area contributed by atoms with Gasteiger partial charge in [-0.3, -0.25) is 4.79 Å². The van der Waals surface area contributed by atoms with Gasteiger partial charge < -0.3 is 9.88 Å². The summed E-state index contributed by atoms with van der Waals surface area (Å²) in [4.78, 5) is 20.1. The van der Waals surface area contributed by atoms with Crippen LogP contribution in [0.3, 0.4) is 0 Å². The lowest BCUT2D eigenvalue weighted by atomic mass is 10.1. The zero-order valence-electron chi connectivity index (χ0n) is 7.49. The van der Waals surface area contributed by atoms with Gasteiger partial charge in [0.15, 0.2) is 5.82 Å². The van der Waals surface area contributed by atoms with Crippen LogP contribution in [-0.2, 0) is 0 Å². The van der Waals surface area contributed by atoms with E-state index in [1.165, 1.54) is 6.42 Å². The van der Waals surface area contributed by atoms with E-state index in [0.717, 1.165) is 25.9 Å². The van der Waals surface area contributed by atoms with E-state index >= 15 is 0 Å². The second-order valence-electron chi connectivity index (χ2n) is 3.29. The van der Waals surface area contributed by atoms with Gasteiger partial charge in [0.25, 0.3) is 5.56 Å². The third kappa shape index (κ3) is 1.71. The van der Waals surface area contributed by atoms with Crippen LogP contribution in [0.15, 0.2) is 17.2 Å². The largest absolute Gasteiger partial charge is 0.352 e. The van der Waals surface area contributed by atoms with E-state index in [0.29, 0.717) is 5.82 Å². The topological polar surface area (TPSA) is 49.0 Å². The predicted octanol–water partition coefficient (Wildman–Crippen LogP) is 0.760. The van der Waals surface area contributed by atoms with Gasteiger partial charge in [-0.05, 0) is 19.3 Å². The number of anilines is 1. The number of hydrogen-bond donors (Lipinski definition) is 1. The number of nitrogens with zero attached hydrogens (tertiary/aromatic N) is 2. The highest BCUT2D eigenvalue weighted by molar-refractivity contribution is 5.35. The number of nitrogens with one attached hydrogen (secondary N) is 1. The molecule has 2 rings (SSSR count). The number of rotatable bonds is 1. The van der Waals surface area contributed by atoms with Crippen molar-refractivity contribution < 1.29 is 0 Å². The van der Waals surface area contributed by atoms with Crippen LogP contribution in [0, 0.1) is 0 Å². The molecular formula is C9H13N3O. The first-order valence-corrected chi connectivity index (χ1v) is 4.66. The number of aromatic amines is 1. The van der Waals surface area contributed by atoms with Crippen LogP contribution in [0.5, 0.6) is 0 Å². The first-order valence-electron chi connectivity index (χ1n) is 4.66. The molecule has 1 aromatic heterocycles. The van der Waals surface area contributed by atoms with Crippen molar-refractivity contribution in [2.24, 2.45) is 0 Å². The van der Waals surface area contributed by atoms with E-state index < -0.39 is 0 Å². The summed E-state index contributed by atoms with van der Waals surface area (Å²) in [5.74, 6) is 0.571. The number of piperidine rings is 1. The van der Waals surface area contributed by atoms with Crippen molar-refractivity contribution in [1.29, 1.82) is 0 Å². The SMILES string of the molecule is O=c1[nH]ccnc1N1CCCCC1. The molecule has 1 saturated heterocycles. The molecule has 4 heteroatoms. The van der Waals surface area contributed by atoms with E-state index in [4.69, 9.17) is 0 Å². The summed E-state index contributed by atoms with van der Waals surface area (Å²) in [7, 11) is 0. The number of hydrogen-bond acceptors (Lipinski definition) is 3. The lowest BCUT2D eigenvalue weighted by molar-refractivity contribution is 0.571. The van der Waals surface area contributed by atoms with Crippen LogP contribution < -0.4 is 10.5 Å². The molecule has 2 heterocycles. The first kappa shape index (κ1) is 8.29. The highest BCUT2D eigenvalue weighted by atomic mass is 16.1. The molecule has 0 amide bonds. The molecule has 0 saturated carbocycles. The lowest BCUT2D eigenvalue weighted by Crippen LogP contribution is -2.34. The summed E-state index contributed by atoms with van der Waals surface area (Å²) >= 11 is 0. The van der Waals surface area contributed by atoms with E-state index in [1.54, 1.807) is 12.4 Å². The average Bonchev–Trinajstić information content (AvgIpc) is 2.20. The van der Waals surface area contributed by atoms with Gasteiger partial charge >= 0.3 is 0 Å². The second kappa shape index (κ2) is 3.60. The van der Waals surface area contributed by atoms with Crippen molar-refractivity contribution >= 4 is 5.82 Å². The average molecular weight is 179 g/mol. The maximum Gasteiger partial charge on any atom is 0.290 e. The van der Waals surface area contributed by atoms with Crippen molar-refractivity contribution in [2.45, 2.75) is 19.3 Å². The standard InChI is InChI=1S/C9H13N3O/c13-9-8(10-4-5-11-9)12-6-2-1-3-7-12/h4-5H,1-3,6-7H2,(H,11,13). The molecule has 0 spiro atoms. The molecule has 4 nitrogen and oxygen atoms in total.